The summed E-state index contributed by atoms with van der Waals surface area (Å²) in [5.74, 6) is 0. The predicted octanol–water partition coefficient (Wildman–Crippen LogP) is 6.29. The highest BCUT2D eigenvalue weighted by Gasteiger charge is 2.32. The molecule has 0 radical (unpaired) electrons. The van der Waals surface area contributed by atoms with Crippen LogP contribution in [0.25, 0.3) is 10.2 Å². The van der Waals surface area contributed by atoms with Crippen molar-refractivity contribution in [2.24, 2.45) is 0 Å². The minimum absolute atomic E-state index is 0.136. The minimum atomic E-state index is -4.51. The molecule has 2 rings (SSSR count). The second kappa shape index (κ2) is 6.32. The van der Waals surface area contributed by atoms with E-state index in [0.29, 0.717) is 10.2 Å². The van der Waals surface area contributed by atoms with E-state index in [1.165, 1.54) is 4.68 Å². The van der Waals surface area contributed by atoms with E-state index in [1.807, 2.05) is 0 Å². The summed E-state index contributed by atoms with van der Waals surface area (Å²) in [6.45, 7) is 0. The lowest BCUT2D eigenvalue weighted by molar-refractivity contribution is -0.137. The fourth-order valence-corrected chi connectivity index (χ4v) is 2.69. The first-order chi connectivity index (χ1) is 9.74. The van der Waals surface area contributed by atoms with Crippen LogP contribution >= 0.6 is 55.1 Å². The number of halogens is 7. The monoisotopic (exact) mass is 462 g/mol. The topological polar surface area (TPSA) is 17.8 Å². The third kappa shape index (κ3) is 3.64. The van der Waals surface area contributed by atoms with E-state index in [2.05, 4.69) is 37.0 Å². The molecule has 2 aromatic rings. The Balaban J connectivity index is 2.53. The molecule has 9 heteroatoms. The van der Waals surface area contributed by atoms with Gasteiger partial charge in [0.1, 0.15) is 11.4 Å². The summed E-state index contributed by atoms with van der Waals surface area (Å²) >= 11 is 18.2. The lowest BCUT2D eigenvalue weighted by Crippen LogP contribution is -2.07. The molecule has 0 saturated carbocycles. The van der Waals surface area contributed by atoms with Gasteiger partial charge in [-0.15, -0.1) is 0 Å². The predicted molar refractivity (Wildman–Crippen MR) is 84.4 cm³/mol. The van der Waals surface area contributed by atoms with E-state index < -0.39 is 11.7 Å². The zero-order valence-electron chi connectivity index (χ0n) is 9.93. The third-order valence-electron chi connectivity index (χ3n) is 2.50. The van der Waals surface area contributed by atoms with Crippen LogP contribution in [0.2, 0.25) is 10.0 Å². The Labute approximate surface area is 144 Å². The maximum atomic E-state index is 12.7. The molecule has 0 N–H and O–H groups in total. The molecule has 1 aromatic heterocycles. The van der Waals surface area contributed by atoms with Gasteiger partial charge in [0, 0.05) is 6.20 Å². The lowest BCUT2D eigenvalue weighted by atomic mass is 10.2. The Bertz CT molecular complexity index is 688. The largest absolute Gasteiger partial charge is 0.416 e. The summed E-state index contributed by atoms with van der Waals surface area (Å²) in [6, 6.07) is 3.30. The van der Waals surface area contributed by atoms with Crippen LogP contribution in [0.3, 0.4) is 0 Å². The quantitative estimate of drug-likeness (QED) is 0.511. The van der Waals surface area contributed by atoms with E-state index in [-0.39, 0.29) is 15.7 Å². The minimum Gasteiger partial charge on any atom is -0.237 e. The lowest BCUT2D eigenvalue weighted by Gasteiger charge is -2.12. The molecule has 0 unspecified atom stereocenters. The van der Waals surface area contributed by atoms with Crippen molar-refractivity contribution < 1.29 is 13.2 Å². The number of aromatic nitrogens is 2. The molecular weight excluding hydrogens is 460 g/mol. The smallest absolute Gasteiger partial charge is 0.237 e. The summed E-state index contributed by atoms with van der Waals surface area (Å²) in [6.07, 6.45) is -2.96. The highest BCUT2D eigenvalue weighted by atomic mass is 79.9. The number of nitrogens with zero attached hydrogens (tertiary/aromatic N) is 2. The van der Waals surface area contributed by atoms with Gasteiger partial charge in [-0.3, -0.25) is 0 Å². The fourth-order valence-electron chi connectivity index (χ4n) is 1.58. The molecule has 21 heavy (non-hydrogen) atoms. The van der Waals surface area contributed by atoms with Crippen LogP contribution in [0, 0.1) is 0 Å². The highest BCUT2D eigenvalue weighted by Crippen LogP contribution is 2.37. The Kier molecular flexibility index (Phi) is 5.07. The van der Waals surface area contributed by atoms with Gasteiger partial charge in [0.05, 0.1) is 20.1 Å². The number of benzene rings is 1. The van der Waals surface area contributed by atoms with Crippen molar-refractivity contribution in [3.63, 3.8) is 0 Å². The standard InChI is InChI=1S/C12H5Br2Cl2F3N2/c13-5-7(14)10-1-2-21(20-10)11-8(15)3-6(4-9(11)16)12(17,18)19/h1-5H/b7-5+. The third-order valence-corrected chi connectivity index (χ3v) is 4.79. The first-order valence-corrected chi connectivity index (χ1v) is 7.79. The molecule has 0 aliphatic rings. The van der Waals surface area contributed by atoms with Crippen molar-refractivity contribution in [1.29, 1.82) is 0 Å². The average molecular weight is 465 g/mol. The van der Waals surface area contributed by atoms with Crippen molar-refractivity contribution in [2.75, 3.05) is 0 Å². The second-order valence-corrected chi connectivity index (χ2v) is 6.02. The van der Waals surface area contributed by atoms with Crippen LogP contribution in [0.5, 0.6) is 0 Å². The van der Waals surface area contributed by atoms with Crippen molar-refractivity contribution >= 4 is 59.5 Å². The number of rotatable bonds is 2. The average Bonchev–Trinajstić information content (AvgIpc) is 2.85. The Morgan fingerprint density at radius 2 is 1.81 bits per heavy atom. The van der Waals surface area contributed by atoms with Crippen LogP contribution in [0.15, 0.2) is 29.4 Å². The summed E-state index contributed by atoms with van der Waals surface area (Å²) < 4.78 is 40.0. The van der Waals surface area contributed by atoms with Gasteiger partial charge in [-0.2, -0.15) is 18.3 Å². The molecule has 2 nitrogen and oxygen atoms in total. The van der Waals surface area contributed by atoms with E-state index >= 15 is 0 Å². The maximum Gasteiger partial charge on any atom is 0.416 e. The highest BCUT2D eigenvalue weighted by molar-refractivity contribution is 9.16. The van der Waals surface area contributed by atoms with Gasteiger partial charge in [-0.05, 0) is 39.1 Å². The molecule has 0 atom stereocenters. The molecule has 0 spiro atoms. The molecule has 1 heterocycles. The Morgan fingerprint density at radius 1 is 1.24 bits per heavy atom. The zero-order chi connectivity index (χ0) is 15.8. The van der Waals surface area contributed by atoms with Crippen LogP contribution in [-0.2, 0) is 6.18 Å². The van der Waals surface area contributed by atoms with Crippen LogP contribution in [-0.4, -0.2) is 9.78 Å². The van der Waals surface area contributed by atoms with E-state index in [0.717, 1.165) is 12.1 Å². The van der Waals surface area contributed by atoms with Crippen molar-refractivity contribution in [3.8, 4) is 5.69 Å². The van der Waals surface area contributed by atoms with Crippen LogP contribution < -0.4 is 0 Å². The van der Waals surface area contributed by atoms with E-state index in [9.17, 15) is 13.2 Å². The van der Waals surface area contributed by atoms with Gasteiger partial charge in [0.15, 0.2) is 0 Å². The molecule has 1 aromatic carbocycles. The maximum absolute atomic E-state index is 12.7. The molecule has 112 valence electrons. The van der Waals surface area contributed by atoms with Gasteiger partial charge in [-0.1, -0.05) is 39.1 Å². The summed E-state index contributed by atoms with van der Waals surface area (Å²) in [4.78, 5) is 1.61. The number of alkyl halides is 3. The summed E-state index contributed by atoms with van der Waals surface area (Å²) in [5.41, 5.74) is -0.151. The molecule has 0 aliphatic carbocycles. The molecule has 0 fully saturated rings. The Hall–Kier alpha value is -0.500. The summed E-state index contributed by atoms with van der Waals surface area (Å²) in [5, 5.41) is 3.91. The van der Waals surface area contributed by atoms with Gasteiger partial charge in [-0.25, -0.2) is 4.68 Å². The normalized spacial score (nSPS) is 12.8. The van der Waals surface area contributed by atoms with Crippen molar-refractivity contribution in [2.45, 2.75) is 6.18 Å². The van der Waals surface area contributed by atoms with Gasteiger partial charge in [0.2, 0.25) is 0 Å². The molecule has 0 amide bonds. The second-order valence-electron chi connectivity index (χ2n) is 3.89. The van der Waals surface area contributed by atoms with Crippen LogP contribution in [0.1, 0.15) is 11.3 Å². The molecular formula is C12H5Br2Cl2F3N2. The first-order valence-electron chi connectivity index (χ1n) is 5.32. The molecule has 0 bridgehead atoms. The SMILES string of the molecule is FC(F)(F)c1cc(Cl)c(-n2ccc(/C(Br)=C\Br)n2)c(Cl)c1. The molecule has 0 aliphatic heterocycles. The number of hydrogen-bond acceptors (Lipinski definition) is 1. The fraction of sp³-hybridized carbons (Fsp3) is 0.0833. The Morgan fingerprint density at radius 3 is 2.29 bits per heavy atom. The zero-order valence-corrected chi connectivity index (χ0v) is 14.6. The molecule has 0 saturated heterocycles. The number of hydrogen-bond donors (Lipinski definition) is 0. The van der Waals surface area contributed by atoms with Gasteiger partial charge < -0.3 is 0 Å². The van der Waals surface area contributed by atoms with Crippen molar-refractivity contribution in [1.82, 2.24) is 9.78 Å². The van der Waals surface area contributed by atoms with E-state index in [1.54, 1.807) is 17.2 Å². The van der Waals surface area contributed by atoms with E-state index in [4.69, 9.17) is 23.2 Å². The summed E-state index contributed by atoms with van der Waals surface area (Å²) in [7, 11) is 0. The van der Waals surface area contributed by atoms with Crippen LogP contribution in [0.4, 0.5) is 13.2 Å². The van der Waals surface area contributed by atoms with Gasteiger partial charge in [0.25, 0.3) is 0 Å². The van der Waals surface area contributed by atoms with Crippen molar-refractivity contribution in [3.05, 3.63) is 50.7 Å². The van der Waals surface area contributed by atoms with Gasteiger partial charge >= 0.3 is 6.18 Å². The first kappa shape index (κ1) is 16.9.